The second-order valence-electron chi connectivity index (χ2n) is 8.12. The largest absolute Gasteiger partial charge is 0.490 e. The first-order chi connectivity index (χ1) is 14.9. The summed E-state index contributed by atoms with van der Waals surface area (Å²) in [5, 5.41) is 0. The molecule has 0 saturated carbocycles. The quantitative estimate of drug-likeness (QED) is 0.455. The molecule has 0 bridgehead atoms. The van der Waals surface area contributed by atoms with Crippen LogP contribution in [-0.4, -0.2) is 55.7 Å². The minimum Gasteiger partial charge on any atom is -0.490 e. The second kappa shape index (κ2) is 10.3. The molecule has 2 aromatic carbocycles. The number of amides is 1. The zero-order valence-electron chi connectivity index (χ0n) is 19.1. The minimum absolute atomic E-state index is 0.159. The van der Waals surface area contributed by atoms with Crippen LogP contribution in [0.5, 0.6) is 5.75 Å². The van der Waals surface area contributed by atoms with Gasteiger partial charge in [-0.3, -0.25) is 9.79 Å². The van der Waals surface area contributed by atoms with E-state index in [1.165, 1.54) is 5.57 Å². The number of piperidine rings is 1. The lowest BCUT2D eigenvalue weighted by molar-refractivity contribution is -0.132. The zero-order chi connectivity index (χ0) is 22.4. The van der Waals surface area contributed by atoms with Crippen LogP contribution in [0, 0.1) is 0 Å². The Balaban J connectivity index is 1.75. The maximum atomic E-state index is 11.8. The Labute approximate surface area is 186 Å². The number of benzene rings is 2. The predicted octanol–water partition coefficient (Wildman–Crippen LogP) is 5.25. The third-order valence-corrected chi connectivity index (χ3v) is 5.82. The van der Waals surface area contributed by atoms with E-state index in [1.54, 1.807) is 0 Å². The summed E-state index contributed by atoms with van der Waals surface area (Å²) in [7, 11) is 4.09. The van der Waals surface area contributed by atoms with Gasteiger partial charge in [0.2, 0.25) is 5.91 Å². The minimum atomic E-state index is 0.159. The normalized spacial score (nSPS) is 15.3. The van der Waals surface area contributed by atoms with Gasteiger partial charge in [0.25, 0.3) is 0 Å². The Morgan fingerprint density at radius 2 is 1.77 bits per heavy atom. The molecule has 0 radical (unpaired) electrons. The molecule has 0 aliphatic carbocycles. The van der Waals surface area contributed by atoms with E-state index in [2.05, 4.69) is 41.7 Å². The van der Waals surface area contributed by atoms with E-state index < -0.39 is 0 Å². The van der Waals surface area contributed by atoms with E-state index in [4.69, 9.17) is 4.74 Å². The predicted molar refractivity (Wildman–Crippen MR) is 129 cm³/mol. The lowest BCUT2D eigenvalue weighted by atomic mass is 9.99. The highest BCUT2D eigenvalue weighted by Gasteiger charge is 2.23. The molecule has 0 unspecified atom stereocenters. The molecule has 164 valence electrons. The molecule has 1 saturated heterocycles. The number of nitrogens with zero attached hydrogens (tertiary/aromatic N) is 3. The van der Waals surface area contributed by atoms with Crippen molar-refractivity contribution in [2.45, 2.75) is 39.2 Å². The fourth-order valence-electron chi connectivity index (χ4n) is 4.15. The van der Waals surface area contributed by atoms with Gasteiger partial charge in [-0.05, 0) is 43.0 Å². The van der Waals surface area contributed by atoms with Crippen LogP contribution >= 0.6 is 0 Å². The van der Waals surface area contributed by atoms with Gasteiger partial charge >= 0.3 is 0 Å². The van der Waals surface area contributed by atoms with Gasteiger partial charge in [0.1, 0.15) is 11.9 Å². The van der Waals surface area contributed by atoms with Gasteiger partial charge in [0.15, 0.2) is 0 Å². The molecule has 0 spiro atoms. The highest BCUT2D eigenvalue weighted by atomic mass is 16.5. The molecule has 3 rings (SSSR count). The average Bonchev–Trinajstić information content (AvgIpc) is 2.79. The number of hydrogen-bond donors (Lipinski definition) is 0. The summed E-state index contributed by atoms with van der Waals surface area (Å²) >= 11 is 0. The van der Waals surface area contributed by atoms with Gasteiger partial charge in [0.05, 0.1) is 5.69 Å². The summed E-state index contributed by atoms with van der Waals surface area (Å²) in [6, 6.07) is 16.3. The highest BCUT2D eigenvalue weighted by molar-refractivity contribution is 5.92. The van der Waals surface area contributed by atoms with E-state index in [-0.39, 0.29) is 12.0 Å². The van der Waals surface area contributed by atoms with Crippen molar-refractivity contribution in [3.8, 4) is 5.75 Å². The number of carbonyl (C=O) groups is 1. The number of aliphatic imine (C=N–C) groups is 1. The third kappa shape index (κ3) is 5.35. The summed E-state index contributed by atoms with van der Waals surface area (Å²) in [6.07, 6.45) is 2.49. The van der Waals surface area contributed by atoms with Crippen LogP contribution in [0.15, 0.2) is 53.5 Å². The van der Waals surface area contributed by atoms with Crippen molar-refractivity contribution in [1.29, 1.82) is 0 Å². The molecule has 2 aromatic rings. The fraction of sp³-hybridized carbons (Fsp3) is 0.385. The van der Waals surface area contributed by atoms with Crippen LogP contribution in [-0.2, 0) is 4.79 Å². The smallest absolute Gasteiger partial charge is 0.222 e. The summed E-state index contributed by atoms with van der Waals surface area (Å²) in [5.74, 6) is 1.10. The molecule has 1 aliphatic rings. The summed E-state index contributed by atoms with van der Waals surface area (Å²) in [6.45, 7) is 9.32. The molecule has 1 aliphatic heterocycles. The Hall–Kier alpha value is -3.08. The SMILES string of the molecule is C=Nc1ccccc1/C(=C(\C)c1ccc(OC2CCN(C(=O)CC)CC2)cc1)N(C)C. The second-order valence-corrected chi connectivity index (χ2v) is 8.12. The number of hydrogen-bond acceptors (Lipinski definition) is 4. The van der Waals surface area contributed by atoms with Gasteiger partial charge in [-0.15, -0.1) is 0 Å². The van der Waals surface area contributed by atoms with Crippen molar-refractivity contribution in [2.24, 2.45) is 4.99 Å². The maximum Gasteiger partial charge on any atom is 0.222 e. The van der Waals surface area contributed by atoms with Crippen molar-refractivity contribution in [1.82, 2.24) is 9.80 Å². The topological polar surface area (TPSA) is 45.1 Å². The Morgan fingerprint density at radius 3 is 2.35 bits per heavy atom. The number of ether oxygens (including phenoxy) is 1. The van der Waals surface area contributed by atoms with Crippen LogP contribution < -0.4 is 4.74 Å². The van der Waals surface area contributed by atoms with Crippen molar-refractivity contribution < 1.29 is 9.53 Å². The summed E-state index contributed by atoms with van der Waals surface area (Å²) < 4.78 is 6.19. The molecular weight excluding hydrogens is 386 g/mol. The van der Waals surface area contributed by atoms with E-state index >= 15 is 0 Å². The van der Waals surface area contributed by atoms with Gasteiger partial charge < -0.3 is 14.5 Å². The van der Waals surface area contributed by atoms with E-state index in [0.717, 1.165) is 54.2 Å². The molecular formula is C26H33N3O2. The summed E-state index contributed by atoms with van der Waals surface area (Å²) in [4.78, 5) is 20.1. The lowest BCUT2D eigenvalue weighted by Gasteiger charge is -2.32. The third-order valence-electron chi connectivity index (χ3n) is 5.82. The fourth-order valence-corrected chi connectivity index (χ4v) is 4.15. The number of likely N-dealkylation sites (tertiary alicyclic amines) is 1. The first-order valence-corrected chi connectivity index (χ1v) is 10.9. The molecule has 1 heterocycles. The summed E-state index contributed by atoms with van der Waals surface area (Å²) in [5.41, 5.74) is 5.36. The molecule has 31 heavy (non-hydrogen) atoms. The standard InChI is InChI=1S/C26H33N3O2/c1-6-25(30)29-17-15-22(16-18-29)31-21-13-11-20(12-14-21)19(2)26(28(4)5)23-9-7-8-10-24(23)27-3/h7-14,22H,3,6,15-18H2,1-2,4-5H3/b26-19-. The van der Waals surface area contributed by atoms with Gasteiger partial charge in [-0.1, -0.05) is 37.3 Å². The first kappa shape index (κ1) is 22.6. The van der Waals surface area contributed by atoms with Gasteiger partial charge in [0, 0.05) is 57.7 Å². The average molecular weight is 420 g/mol. The van der Waals surface area contributed by atoms with E-state index in [1.807, 2.05) is 56.3 Å². The van der Waals surface area contributed by atoms with Crippen molar-refractivity contribution >= 4 is 29.6 Å². The molecule has 0 N–H and O–H groups in total. The van der Waals surface area contributed by atoms with Crippen LogP contribution in [0.4, 0.5) is 5.69 Å². The Bertz CT molecular complexity index is 939. The van der Waals surface area contributed by atoms with E-state index in [9.17, 15) is 4.79 Å². The van der Waals surface area contributed by atoms with Crippen LogP contribution in [0.1, 0.15) is 44.2 Å². The van der Waals surface area contributed by atoms with Gasteiger partial charge in [-0.2, -0.15) is 0 Å². The van der Waals surface area contributed by atoms with Crippen molar-refractivity contribution in [2.75, 3.05) is 27.2 Å². The van der Waals surface area contributed by atoms with Crippen LogP contribution in [0.3, 0.4) is 0 Å². The number of para-hydroxylation sites is 1. The van der Waals surface area contributed by atoms with Gasteiger partial charge in [-0.25, -0.2) is 0 Å². The number of allylic oxidation sites excluding steroid dienone is 1. The van der Waals surface area contributed by atoms with E-state index in [0.29, 0.717) is 6.42 Å². The molecule has 5 nitrogen and oxygen atoms in total. The van der Waals surface area contributed by atoms with Crippen LogP contribution in [0.25, 0.3) is 11.3 Å². The molecule has 5 heteroatoms. The monoisotopic (exact) mass is 419 g/mol. The zero-order valence-corrected chi connectivity index (χ0v) is 19.1. The molecule has 1 fully saturated rings. The van der Waals surface area contributed by atoms with Crippen molar-refractivity contribution in [3.05, 3.63) is 59.7 Å². The molecule has 0 atom stereocenters. The lowest BCUT2D eigenvalue weighted by Crippen LogP contribution is -2.41. The molecule has 1 amide bonds. The number of rotatable bonds is 7. The molecule has 0 aromatic heterocycles. The number of carbonyl (C=O) groups excluding carboxylic acids is 1. The van der Waals surface area contributed by atoms with Crippen LogP contribution in [0.2, 0.25) is 0 Å². The maximum absolute atomic E-state index is 11.8. The first-order valence-electron chi connectivity index (χ1n) is 10.9. The Morgan fingerprint density at radius 1 is 1.13 bits per heavy atom. The highest BCUT2D eigenvalue weighted by Crippen LogP contribution is 2.34. The Kier molecular flexibility index (Phi) is 7.50. The van der Waals surface area contributed by atoms with Crippen molar-refractivity contribution in [3.63, 3.8) is 0 Å².